The lowest BCUT2D eigenvalue weighted by Crippen LogP contribution is -2.17. The number of anilines is 1. The molecule has 0 aromatic carbocycles. The predicted octanol–water partition coefficient (Wildman–Crippen LogP) is 4.22. The Balaban J connectivity index is 1.81. The van der Waals surface area contributed by atoms with E-state index in [-0.39, 0.29) is 0 Å². The quantitative estimate of drug-likeness (QED) is 0.810. The van der Waals surface area contributed by atoms with Gasteiger partial charge in [-0.05, 0) is 67.0 Å². The summed E-state index contributed by atoms with van der Waals surface area (Å²) in [6.45, 7) is 2.30. The third-order valence-corrected chi connectivity index (χ3v) is 5.78. The zero-order valence-corrected chi connectivity index (χ0v) is 13.7. The first-order valence-electron chi connectivity index (χ1n) is 7.51. The largest absolute Gasteiger partial charge is 0.383 e. The van der Waals surface area contributed by atoms with Crippen molar-refractivity contribution in [3.63, 3.8) is 0 Å². The van der Waals surface area contributed by atoms with Gasteiger partial charge in [0, 0.05) is 11.8 Å². The van der Waals surface area contributed by atoms with E-state index in [9.17, 15) is 0 Å². The monoisotopic (exact) mass is 371 g/mol. The van der Waals surface area contributed by atoms with Crippen molar-refractivity contribution in [3.05, 3.63) is 15.1 Å². The van der Waals surface area contributed by atoms with Crippen LogP contribution in [0.4, 0.5) is 5.82 Å². The van der Waals surface area contributed by atoms with Gasteiger partial charge in [0.2, 0.25) is 0 Å². The van der Waals surface area contributed by atoms with Crippen molar-refractivity contribution < 1.29 is 0 Å². The molecule has 0 bridgehead atoms. The summed E-state index contributed by atoms with van der Waals surface area (Å²) in [7, 11) is 0. The second-order valence-electron chi connectivity index (χ2n) is 6.07. The molecule has 2 fully saturated rings. The van der Waals surface area contributed by atoms with E-state index in [1.165, 1.54) is 50.6 Å². The lowest BCUT2D eigenvalue weighted by molar-refractivity contribution is 0.312. The third kappa shape index (κ3) is 2.88. The first-order chi connectivity index (χ1) is 9.19. The first-order valence-corrected chi connectivity index (χ1v) is 8.59. The molecular formula is C15H22IN3. The van der Waals surface area contributed by atoms with Crippen LogP contribution in [0.25, 0.3) is 0 Å². The molecule has 0 spiro atoms. The van der Waals surface area contributed by atoms with Crippen LogP contribution < -0.4 is 5.73 Å². The van der Waals surface area contributed by atoms with E-state index in [1.54, 1.807) is 0 Å². The molecule has 4 heteroatoms. The minimum absolute atomic E-state index is 0.541. The molecule has 2 aliphatic rings. The number of hydrogen-bond acceptors (Lipinski definition) is 3. The number of aromatic nitrogens is 2. The summed E-state index contributed by atoms with van der Waals surface area (Å²) in [6.07, 6.45) is 8.99. The van der Waals surface area contributed by atoms with E-state index in [4.69, 9.17) is 10.7 Å². The van der Waals surface area contributed by atoms with Gasteiger partial charge in [-0.25, -0.2) is 9.97 Å². The van der Waals surface area contributed by atoms with E-state index >= 15 is 0 Å². The van der Waals surface area contributed by atoms with Crippen LogP contribution in [0, 0.1) is 9.49 Å². The van der Waals surface area contributed by atoms with Gasteiger partial charge in [-0.15, -0.1) is 0 Å². The molecule has 0 unspecified atom stereocenters. The van der Waals surface area contributed by atoms with Gasteiger partial charge in [-0.3, -0.25) is 0 Å². The number of halogens is 1. The SMILES string of the molecule is CCC1CCC(c2nc(N)c(I)c(C3CC3)n2)CC1. The minimum Gasteiger partial charge on any atom is -0.383 e. The molecule has 2 saturated carbocycles. The molecule has 2 aliphatic carbocycles. The van der Waals surface area contributed by atoms with Crippen LogP contribution in [0.2, 0.25) is 0 Å². The smallest absolute Gasteiger partial charge is 0.140 e. The molecular weight excluding hydrogens is 349 g/mol. The highest BCUT2D eigenvalue weighted by atomic mass is 127. The molecule has 0 saturated heterocycles. The van der Waals surface area contributed by atoms with Crippen LogP contribution in [-0.4, -0.2) is 9.97 Å². The maximum absolute atomic E-state index is 6.09. The van der Waals surface area contributed by atoms with E-state index in [1.807, 2.05) is 0 Å². The Kier molecular flexibility index (Phi) is 3.96. The molecule has 3 rings (SSSR count). The number of rotatable bonds is 3. The summed E-state index contributed by atoms with van der Waals surface area (Å²) in [6, 6.07) is 0. The molecule has 0 radical (unpaired) electrons. The van der Waals surface area contributed by atoms with Crippen LogP contribution in [0.3, 0.4) is 0 Å². The fraction of sp³-hybridized carbons (Fsp3) is 0.733. The van der Waals surface area contributed by atoms with Crippen molar-refractivity contribution in [3.8, 4) is 0 Å². The van der Waals surface area contributed by atoms with Crippen molar-refractivity contribution in [2.75, 3.05) is 5.73 Å². The summed E-state index contributed by atoms with van der Waals surface area (Å²) in [5, 5.41) is 0. The second-order valence-corrected chi connectivity index (χ2v) is 7.15. The predicted molar refractivity (Wildman–Crippen MR) is 86.1 cm³/mol. The maximum Gasteiger partial charge on any atom is 0.140 e. The molecule has 0 atom stereocenters. The first kappa shape index (κ1) is 13.6. The Bertz CT molecular complexity index is 463. The topological polar surface area (TPSA) is 51.8 Å². The zero-order chi connectivity index (χ0) is 13.4. The van der Waals surface area contributed by atoms with E-state index in [0.717, 1.165) is 15.3 Å². The summed E-state index contributed by atoms with van der Waals surface area (Å²) in [4.78, 5) is 9.45. The Morgan fingerprint density at radius 2 is 1.68 bits per heavy atom. The number of hydrogen-bond donors (Lipinski definition) is 1. The normalized spacial score (nSPS) is 27.5. The molecule has 1 aromatic heterocycles. The highest BCUT2D eigenvalue weighted by Gasteiger charge is 2.31. The van der Waals surface area contributed by atoms with E-state index in [2.05, 4.69) is 34.5 Å². The zero-order valence-electron chi connectivity index (χ0n) is 11.5. The van der Waals surface area contributed by atoms with Crippen LogP contribution in [0.1, 0.15) is 75.2 Å². The highest BCUT2D eigenvalue weighted by Crippen LogP contribution is 2.43. The molecule has 1 heterocycles. The molecule has 19 heavy (non-hydrogen) atoms. The molecule has 3 nitrogen and oxygen atoms in total. The number of nitrogen functional groups attached to an aromatic ring is 1. The van der Waals surface area contributed by atoms with Gasteiger partial charge < -0.3 is 5.73 Å². The van der Waals surface area contributed by atoms with Gasteiger partial charge in [0.25, 0.3) is 0 Å². The van der Waals surface area contributed by atoms with Crippen LogP contribution in [0.15, 0.2) is 0 Å². The summed E-state index contributed by atoms with van der Waals surface area (Å²) in [5.41, 5.74) is 7.31. The second kappa shape index (κ2) is 5.54. The average Bonchev–Trinajstić information content (AvgIpc) is 3.26. The Hall–Kier alpha value is -0.390. The molecule has 104 valence electrons. The third-order valence-electron chi connectivity index (χ3n) is 4.67. The Morgan fingerprint density at radius 1 is 1.05 bits per heavy atom. The fourth-order valence-electron chi connectivity index (χ4n) is 3.14. The molecule has 0 amide bonds. The summed E-state index contributed by atoms with van der Waals surface area (Å²) >= 11 is 2.31. The van der Waals surface area contributed by atoms with Crippen molar-refractivity contribution in [1.29, 1.82) is 0 Å². The molecule has 1 aromatic rings. The summed E-state index contributed by atoms with van der Waals surface area (Å²) < 4.78 is 1.09. The van der Waals surface area contributed by atoms with Crippen molar-refractivity contribution in [1.82, 2.24) is 9.97 Å². The van der Waals surface area contributed by atoms with Crippen LogP contribution >= 0.6 is 22.6 Å². The standard InChI is InChI=1S/C15H22IN3/c1-2-9-3-5-11(6-4-9)15-18-13(10-7-8-10)12(16)14(17)19-15/h9-11H,2-8H2,1H3,(H2,17,18,19). The van der Waals surface area contributed by atoms with Gasteiger partial charge in [-0.2, -0.15) is 0 Å². The fourth-order valence-corrected chi connectivity index (χ4v) is 3.82. The highest BCUT2D eigenvalue weighted by molar-refractivity contribution is 14.1. The summed E-state index contributed by atoms with van der Waals surface area (Å²) in [5.74, 6) is 3.84. The number of nitrogens with zero attached hydrogens (tertiary/aromatic N) is 2. The Morgan fingerprint density at radius 3 is 2.26 bits per heavy atom. The number of nitrogens with two attached hydrogens (primary N) is 1. The van der Waals surface area contributed by atoms with Gasteiger partial charge >= 0.3 is 0 Å². The molecule has 0 aliphatic heterocycles. The van der Waals surface area contributed by atoms with Gasteiger partial charge in [-0.1, -0.05) is 13.3 Å². The molecule has 2 N–H and O–H groups in total. The van der Waals surface area contributed by atoms with Crippen molar-refractivity contribution in [2.24, 2.45) is 5.92 Å². The maximum atomic E-state index is 6.09. The lowest BCUT2D eigenvalue weighted by atomic mass is 9.80. The Labute approximate surface area is 128 Å². The van der Waals surface area contributed by atoms with Crippen molar-refractivity contribution >= 4 is 28.4 Å². The van der Waals surface area contributed by atoms with Gasteiger partial charge in [0.1, 0.15) is 11.6 Å². The van der Waals surface area contributed by atoms with Crippen LogP contribution in [-0.2, 0) is 0 Å². The van der Waals surface area contributed by atoms with Gasteiger partial charge in [0.05, 0.1) is 9.26 Å². The van der Waals surface area contributed by atoms with Gasteiger partial charge in [0.15, 0.2) is 0 Å². The van der Waals surface area contributed by atoms with E-state index in [0.29, 0.717) is 17.7 Å². The van der Waals surface area contributed by atoms with E-state index < -0.39 is 0 Å². The average molecular weight is 371 g/mol. The van der Waals surface area contributed by atoms with Crippen molar-refractivity contribution in [2.45, 2.75) is 63.7 Å². The van der Waals surface area contributed by atoms with Crippen LogP contribution in [0.5, 0.6) is 0 Å². The minimum atomic E-state index is 0.541. The lowest BCUT2D eigenvalue weighted by Gasteiger charge is -2.27.